The van der Waals surface area contributed by atoms with Crippen LogP contribution in [0.1, 0.15) is 18.4 Å². The number of amidine groups is 1. The number of nitrogens with zero attached hydrogens (tertiary/aromatic N) is 1. The van der Waals surface area contributed by atoms with Crippen molar-refractivity contribution in [3.8, 4) is 11.5 Å². The Morgan fingerprint density at radius 1 is 1.29 bits per heavy atom. The monoisotopic (exact) mass is 235 g/mol. The standard InChI is InChI=1S/C12H17N3O2/c1-16-9-4-3-5-10(17-2)11(9)12(15-13)14-8-6-7-8/h3-5,8H,6-7,13H2,1-2H3,(H,14,15). The maximum Gasteiger partial charge on any atom is 0.150 e. The van der Waals surface area contributed by atoms with Crippen molar-refractivity contribution < 1.29 is 9.47 Å². The third kappa shape index (κ3) is 2.50. The lowest BCUT2D eigenvalue weighted by Crippen LogP contribution is -2.32. The molecular formula is C12H17N3O2. The SMILES string of the molecule is COc1cccc(OC)c1C(=NC1CC1)NN. The van der Waals surface area contributed by atoms with Crippen LogP contribution >= 0.6 is 0 Å². The van der Waals surface area contributed by atoms with Crippen molar-refractivity contribution in [3.05, 3.63) is 23.8 Å². The first-order valence-electron chi connectivity index (χ1n) is 5.56. The molecule has 0 atom stereocenters. The second kappa shape index (κ2) is 5.05. The molecule has 0 spiro atoms. The van der Waals surface area contributed by atoms with Crippen LogP contribution in [0.25, 0.3) is 0 Å². The summed E-state index contributed by atoms with van der Waals surface area (Å²) in [7, 11) is 3.23. The Labute approximate surface area is 101 Å². The summed E-state index contributed by atoms with van der Waals surface area (Å²) in [6.45, 7) is 0. The summed E-state index contributed by atoms with van der Waals surface area (Å²) in [4.78, 5) is 4.51. The first-order chi connectivity index (χ1) is 8.30. The van der Waals surface area contributed by atoms with E-state index in [4.69, 9.17) is 15.3 Å². The number of methoxy groups -OCH3 is 2. The van der Waals surface area contributed by atoms with Gasteiger partial charge >= 0.3 is 0 Å². The van der Waals surface area contributed by atoms with E-state index in [9.17, 15) is 0 Å². The molecular weight excluding hydrogens is 218 g/mol. The van der Waals surface area contributed by atoms with Crippen LogP contribution in [0, 0.1) is 0 Å². The minimum atomic E-state index is 0.371. The Kier molecular flexibility index (Phi) is 3.49. The fourth-order valence-corrected chi connectivity index (χ4v) is 1.64. The Hall–Kier alpha value is -1.75. The summed E-state index contributed by atoms with van der Waals surface area (Å²) in [5, 5.41) is 0. The number of nitrogens with one attached hydrogen (secondary N) is 1. The summed E-state index contributed by atoms with van der Waals surface area (Å²) in [5.41, 5.74) is 3.40. The number of rotatable bonds is 4. The van der Waals surface area contributed by atoms with Gasteiger partial charge in [0, 0.05) is 0 Å². The summed E-state index contributed by atoms with van der Waals surface area (Å²) >= 11 is 0. The number of aliphatic imine (C=N–C) groups is 1. The Morgan fingerprint density at radius 2 is 1.88 bits per heavy atom. The third-order valence-electron chi connectivity index (χ3n) is 2.66. The van der Waals surface area contributed by atoms with Gasteiger partial charge in [0.25, 0.3) is 0 Å². The number of nitrogens with two attached hydrogens (primary N) is 1. The molecule has 5 heteroatoms. The molecule has 0 saturated heterocycles. The van der Waals surface area contributed by atoms with Gasteiger partial charge in [-0.2, -0.15) is 0 Å². The lowest BCUT2D eigenvalue weighted by atomic mass is 10.1. The van der Waals surface area contributed by atoms with Crippen molar-refractivity contribution in [1.82, 2.24) is 5.43 Å². The first kappa shape index (κ1) is 11.7. The van der Waals surface area contributed by atoms with E-state index in [1.165, 1.54) is 0 Å². The lowest BCUT2D eigenvalue weighted by Gasteiger charge is -2.14. The molecule has 1 aliphatic carbocycles. The molecule has 0 aromatic heterocycles. The average molecular weight is 235 g/mol. The molecule has 5 nitrogen and oxygen atoms in total. The normalized spacial score (nSPS) is 15.6. The van der Waals surface area contributed by atoms with Gasteiger partial charge in [-0.15, -0.1) is 0 Å². The molecule has 1 aromatic carbocycles. The van der Waals surface area contributed by atoms with Crippen LogP contribution in [-0.4, -0.2) is 26.1 Å². The smallest absolute Gasteiger partial charge is 0.150 e. The van der Waals surface area contributed by atoms with E-state index in [-0.39, 0.29) is 0 Å². The molecule has 0 amide bonds. The number of hydrazine groups is 1. The number of hydrogen-bond acceptors (Lipinski definition) is 4. The summed E-state index contributed by atoms with van der Waals surface area (Å²) in [5.74, 6) is 7.54. The van der Waals surface area contributed by atoms with Gasteiger partial charge in [0.05, 0.1) is 20.3 Å². The molecule has 2 rings (SSSR count). The van der Waals surface area contributed by atoms with E-state index in [0.717, 1.165) is 18.4 Å². The zero-order valence-electron chi connectivity index (χ0n) is 10.1. The largest absolute Gasteiger partial charge is 0.496 e. The molecule has 0 unspecified atom stereocenters. The molecule has 1 fully saturated rings. The molecule has 92 valence electrons. The predicted molar refractivity (Wildman–Crippen MR) is 66.4 cm³/mol. The molecule has 1 saturated carbocycles. The van der Waals surface area contributed by atoms with Gasteiger partial charge in [-0.25, -0.2) is 5.84 Å². The zero-order chi connectivity index (χ0) is 12.3. The Balaban J connectivity index is 2.45. The van der Waals surface area contributed by atoms with E-state index < -0.39 is 0 Å². The second-order valence-electron chi connectivity index (χ2n) is 3.89. The van der Waals surface area contributed by atoms with Gasteiger partial charge in [-0.05, 0) is 25.0 Å². The molecule has 0 aliphatic heterocycles. The van der Waals surface area contributed by atoms with Crippen molar-refractivity contribution >= 4 is 5.84 Å². The molecule has 0 bridgehead atoms. The minimum Gasteiger partial charge on any atom is -0.496 e. The summed E-state index contributed by atoms with van der Waals surface area (Å²) in [6.07, 6.45) is 2.23. The van der Waals surface area contributed by atoms with Crippen molar-refractivity contribution in [2.45, 2.75) is 18.9 Å². The summed E-state index contributed by atoms with van der Waals surface area (Å²) in [6, 6.07) is 5.96. The van der Waals surface area contributed by atoms with Crippen LogP contribution in [0.15, 0.2) is 23.2 Å². The second-order valence-corrected chi connectivity index (χ2v) is 3.89. The van der Waals surface area contributed by atoms with Crippen LogP contribution < -0.4 is 20.7 Å². The van der Waals surface area contributed by atoms with E-state index >= 15 is 0 Å². The molecule has 1 aromatic rings. The van der Waals surface area contributed by atoms with Gasteiger partial charge in [-0.3, -0.25) is 4.99 Å². The van der Waals surface area contributed by atoms with Crippen LogP contribution in [0.5, 0.6) is 11.5 Å². The maximum absolute atomic E-state index is 5.54. The Morgan fingerprint density at radius 3 is 2.29 bits per heavy atom. The van der Waals surface area contributed by atoms with Crippen molar-refractivity contribution in [3.63, 3.8) is 0 Å². The highest BCUT2D eigenvalue weighted by molar-refractivity contribution is 6.03. The van der Waals surface area contributed by atoms with E-state index in [0.29, 0.717) is 23.4 Å². The van der Waals surface area contributed by atoms with Crippen LogP contribution in [0.2, 0.25) is 0 Å². The van der Waals surface area contributed by atoms with Crippen LogP contribution in [-0.2, 0) is 0 Å². The molecule has 0 radical (unpaired) electrons. The van der Waals surface area contributed by atoms with Crippen LogP contribution in [0.3, 0.4) is 0 Å². The summed E-state index contributed by atoms with van der Waals surface area (Å²) < 4.78 is 10.6. The highest BCUT2D eigenvalue weighted by Crippen LogP contribution is 2.30. The van der Waals surface area contributed by atoms with Gasteiger partial charge in [0.2, 0.25) is 0 Å². The third-order valence-corrected chi connectivity index (χ3v) is 2.66. The fraction of sp³-hybridized carbons (Fsp3) is 0.417. The average Bonchev–Trinajstić information content (AvgIpc) is 3.19. The van der Waals surface area contributed by atoms with Gasteiger partial charge < -0.3 is 14.9 Å². The van der Waals surface area contributed by atoms with Gasteiger partial charge in [0.15, 0.2) is 0 Å². The number of benzene rings is 1. The quantitative estimate of drug-likeness (QED) is 0.354. The molecule has 3 N–H and O–H groups in total. The first-order valence-corrected chi connectivity index (χ1v) is 5.56. The van der Waals surface area contributed by atoms with Gasteiger partial charge in [-0.1, -0.05) is 6.07 Å². The van der Waals surface area contributed by atoms with E-state index in [1.807, 2.05) is 18.2 Å². The lowest BCUT2D eigenvalue weighted by molar-refractivity contribution is 0.392. The van der Waals surface area contributed by atoms with E-state index in [2.05, 4.69) is 10.4 Å². The Bertz CT molecular complexity index is 406. The molecule has 1 aliphatic rings. The topological polar surface area (TPSA) is 68.9 Å². The van der Waals surface area contributed by atoms with Crippen molar-refractivity contribution in [2.75, 3.05) is 14.2 Å². The van der Waals surface area contributed by atoms with Crippen molar-refractivity contribution in [1.29, 1.82) is 0 Å². The molecule has 0 heterocycles. The maximum atomic E-state index is 5.54. The number of hydrogen-bond donors (Lipinski definition) is 2. The molecule has 17 heavy (non-hydrogen) atoms. The highest BCUT2D eigenvalue weighted by Gasteiger charge is 2.23. The predicted octanol–water partition coefficient (Wildman–Crippen LogP) is 1.08. The minimum absolute atomic E-state index is 0.371. The van der Waals surface area contributed by atoms with Gasteiger partial charge in [0.1, 0.15) is 22.9 Å². The number of ether oxygens (including phenoxy) is 2. The zero-order valence-corrected chi connectivity index (χ0v) is 10.1. The highest BCUT2D eigenvalue weighted by atomic mass is 16.5. The fourth-order valence-electron chi connectivity index (χ4n) is 1.64. The van der Waals surface area contributed by atoms with Crippen LogP contribution in [0.4, 0.5) is 0 Å². The van der Waals surface area contributed by atoms with E-state index in [1.54, 1.807) is 14.2 Å². The van der Waals surface area contributed by atoms with Crippen molar-refractivity contribution in [2.24, 2.45) is 10.8 Å².